The van der Waals surface area contributed by atoms with Crippen LogP contribution < -0.4 is 10.6 Å². The molecule has 2 rings (SSSR count). The second-order valence-corrected chi connectivity index (χ2v) is 5.67. The van der Waals surface area contributed by atoms with E-state index < -0.39 is 0 Å². The third-order valence-corrected chi connectivity index (χ3v) is 3.93. The summed E-state index contributed by atoms with van der Waals surface area (Å²) in [5, 5.41) is 7.10. The number of halogens is 2. The molecule has 0 bridgehead atoms. The molecule has 0 aliphatic carbocycles. The van der Waals surface area contributed by atoms with Crippen molar-refractivity contribution >= 4 is 29.9 Å². The molecule has 0 saturated carbocycles. The summed E-state index contributed by atoms with van der Waals surface area (Å²) in [6.07, 6.45) is 2.84. The zero-order valence-electron chi connectivity index (χ0n) is 11.7. The van der Waals surface area contributed by atoms with Crippen molar-refractivity contribution in [2.24, 2.45) is 5.92 Å². The van der Waals surface area contributed by atoms with Gasteiger partial charge in [0.25, 0.3) is 0 Å². The summed E-state index contributed by atoms with van der Waals surface area (Å²) in [5.74, 6) is 0.674. The molecule has 1 heterocycles. The highest BCUT2D eigenvalue weighted by Gasteiger charge is 2.18. The highest BCUT2D eigenvalue weighted by atomic mass is 35.5. The van der Waals surface area contributed by atoms with Crippen molar-refractivity contribution in [3.8, 4) is 0 Å². The Morgan fingerprint density at radius 3 is 2.55 bits per heavy atom. The van der Waals surface area contributed by atoms with Crippen LogP contribution in [0.2, 0.25) is 5.02 Å². The van der Waals surface area contributed by atoms with E-state index in [4.69, 9.17) is 11.6 Å². The maximum atomic E-state index is 12.0. The first-order chi connectivity index (χ1) is 9.15. The van der Waals surface area contributed by atoms with E-state index in [0.717, 1.165) is 36.5 Å². The minimum atomic E-state index is 0. The van der Waals surface area contributed by atoms with E-state index in [0.29, 0.717) is 12.3 Å². The van der Waals surface area contributed by atoms with Crippen LogP contribution in [0.15, 0.2) is 24.3 Å². The lowest BCUT2D eigenvalue weighted by Gasteiger charge is -2.23. The van der Waals surface area contributed by atoms with Crippen LogP contribution in [0.25, 0.3) is 0 Å². The number of benzene rings is 1. The van der Waals surface area contributed by atoms with Gasteiger partial charge in [-0.1, -0.05) is 23.7 Å². The molecule has 5 heteroatoms. The number of amides is 1. The molecule has 112 valence electrons. The Morgan fingerprint density at radius 1 is 1.35 bits per heavy atom. The van der Waals surface area contributed by atoms with E-state index in [1.807, 2.05) is 31.2 Å². The topological polar surface area (TPSA) is 41.1 Å². The van der Waals surface area contributed by atoms with Gasteiger partial charge >= 0.3 is 0 Å². The number of hydrogen-bond donors (Lipinski definition) is 2. The van der Waals surface area contributed by atoms with E-state index in [-0.39, 0.29) is 24.4 Å². The number of hydrogen-bond acceptors (Lipinski definition) is 2. The van der Waals surface area contributed by atoms with Crippen molar-refractivity contribution in [2.75, 3.05) is 13.1 Å². The van der Waals surface area contributed by atoms with Gasteiger partial charge in [0.05, 0.1) is 6.04 Å². The van der Waals surface area contributed by atoms with Gasteiger partial charge in [-0.2, -0.15) is 0 Å². The van der Waals surface area contributed by atoms with Crippen LogP contribution in [0.1, 0.15) is 37.8 Å². The Labute approximate surface area is 131 Å². The Balaban J connectivity index is 0.00000200. The van der Waals surface area contributed by atoms with Gasteiger partial charge in [0.1, 0.15) is 0 Å². The molecular weight excluding hydrogens is 295 g/mol. The van der Waals surface area contributed by atoms with Crippen molar-refractivity contribution in [3.05, 3.63) is 34.9 Å². The summed E-state index contributed by atoms with van der Waals surface area (Å²) < 4.78 is 0. The quantitative estimate of drug-likeness (QED) is 0.894. The van der Waals surface area contributed by atoms with Crippen molar-refractivity contribution in [1.29, 1.82) is 0 Å². The van der Waals surface area contributed by atoms with Gasteiger partial charge in [-0.3, -0.25) is 4.79 Å². The first-order valence-electron chi connectivity index (χ1n) is 6.90. The maximum Gasteiger partial charge on any atom is 0.220 e. The summed E-state index contributed by atoms with van der Waals surface area (Å²) in [6.45, 7) is 4.07. The number of nitrogens with one attached hydrogen (secondary N) is 2. The van der Waals surface area contributed by atoms with E-state index in [2.05, 4.69) is 10.6 Å². The van der Waals surface area contributed by atoms with Crippen LogP contribution in [0, 0.1) is 5.92 Å². The average molecular weight is 317 g/mol. The van der Waals surface area contributed by atoms with Crippen LogP contribution in [0.3, 0.4) is 0 Å². The van der Waals surface area contributed by atoms with Crippen molar-refractivity contribution < 1.29 is 4.79 Å². The lowest BCUT2D eigenvalue weighted by atomic mass is 9.94. The van der Waals surface area contributed by atoms with Gasteiger partial charge in [0.2, 0.25) is 5.91 Å². The number of piperidine rings is 1. The summed E-state index contributed by atoms with van der Waals surface area (Å²) in [4.78, 5) is 12.0. The zero-order chi connectivity index (χ0) is 13.7. The van der Waals surface area contributed by atoms with Gasteiger partial charge in [0, 0.05) is 11.4 Å². The Hall–Kier alpha value is -0.770. The Bertz CT molecular complexity index is 416. The predicted octanol–water partition coefficient (Wildman–Crippen LogP) is 3.33. The molecular formula is C15H22Cl2N2O. The Kier molecular flexibility index (Phi) is 7.35. The highest BCUT2D eigenvalue weighted by molar-refractivity contribution is 6.30. The standard InChI is InChI=1S/C15H21ClN2O.ClH/c1-11(13-2-4-14(16)5-3-13)18-15(19)10-12-6-8-17-9-7-12;/h2-5,11-12,17H,6-10H2,1H3,(H,18,19);1H. The third kappa shape index (κ3) is 5.31. The maximum absolute atomic E-state index is 12.0. The highest BCUT2D eigenvalue weighted by Crippen LogP contribution is 2.18. The average Bonchev–Trinajstić information content (AvgIpc) is 2.40. The summed E-state index contributed by atoms with van der Waals surface area (Å²) >= 11 is 5.86. The molecule has 1 atom stereocenters. The second-order valence-electron chi connectivity index (χ2n) is 5.24. The smallest absolute Gasteiger partial charge is 0.220 e. The first-order valence-corrected chi connectivity index (χ1v) is 7.28. The van der Waals surface area contributed by atoms with Crippen molar-refractivity contribution in [2.45, 2.75) is 32.2 Å². The molecule has 1 aromatic carbocycles. The third-order valence-electron chi connectivity index (χ3n) is 3.68. The summed E-state index contributed by atoms with van der Waals surface area (Å²) in [6, 6.07) is 7.65. The molecule has 1 unspecified atom stereocenters. The minimum absolute atomic E-state index is 0. The SMILES string of the molecule is CC(NC(=O)CC1CCNCC1)c1ccc(Cl)cc1.Cl. The Morgan fingerprint density at radius 2 is 1.95 bits per heavy atom. The number of rotatable bonds is 4. The largest absolute Gasteiger partial charge is 0.350 e. The molecule has 3 nitrogen and oxygen atoms in total. The number of carbonyl (C=O) groups excluding carboxylic acids is 1. The monoisotopic (exact) mass is 316 g/mol. The van der Waals surface area contributed by atoms with Gasteiger partial charge in [-0.15, -0.1) is 12.4 Å². The van der Waals surface area contributed by atoms with Crippen LogP contribution in [0.5, 0.6) is 0 Å². The molecule has 0 radical (unpaired) electrons. The molecule has 0 spiro atoms. The normalized spacial score (nSPS) is 17.1. The first kappa shape index (κ1) is 17.3. The molecule has 2 N–H and O–H groups in total. The van der Waals surface area contributed by atoms with Gasteiger partial charge in [-0.25, -0.2) is 0 Å². The lowest BCUT2D eigenvalue weighted by molar-refractivity contribution is -0.122. The fourth-order valence-corrected chi connectivity index (χ4v) is 2.61. The summed E-state index contributed by atoms with van der Waals surface area (Å²) in [5.41, 5.74) is 1.09. The fraction of sp³-hybridized carbons (Fsp3) is 0.533. The molecule has 0 aromatic heterocycles. The van der Waals surface area contributed by atoms with E-state index in [1.165, 1.54) is 0 Å². The molecule has 1 aliphatic rings. The molecule has 1 saturated heterocycles. The van der Waals surface area contributed by atoms with Gasteiger partial charge in [0.15, 0.2) is 0 Å². The molecule has 1 amide bonds. The predicted molar refractivity (Wildman–Crippen MR) is 85.5 cm³/mol. The molecule has 1 aromatic rings. The van der Waals surface area contributed by atoms with Crippen molar-refractivity contribution in [1.82, 2.24) is 10.6 Å². The van der Waals surface area contributed by atoms with Crippen LogP contribution in [-0.4, -0.2) is 19.0 Å². The molecule has 20 heavy (non-hydrogen) atoms. The van der Waals surface area contributed by atoms with Crippen LogP contribution >= 0.6 is 24.0 Å². The van der Waals surface area contributed by atoms with E-state index >= 15 is 0 Å². The molecule has 1 aliphatic heterocycles. The van der Waals surface area contributed by atoms with Crippen molar-refractivity contribution in [3.63, 3.8) is 0 Å². The number of carbonyl (C=O) groups is 1. The minimum Gasteiger partial charge on any atom is -0.350 e. The van der Waals surface area contributed by atoms with Crippen LogP contribution in [-0.2, 0) is 4.79 Å². The molecule has 1 fully saturated rings. The van der Waals surface area contributed by atoms with Crippen LogP contribution in [0.4, 0.5) is 0 Å². The van der Waals surface area contributed by atoms with E-state index in [1.54, 1.807) is 0 Å². The lowest BCUT2D eigenvalue weighted by Crippen LogP contribution is -2.33. The summed E-state index contributed by atoms with van der Waals surface area (Å²) in [7, 11) is 0. The van der Waals surface area contributed by atoms with Gasteiger partial charge in [-0.05, 0) is 56.5 Å². The van der Waals surface area contributed by atoms with E-state index in [9.17, 15) is 4.79 Å². The fourth-order valence-electron chi connectivity index (χ4n) is 2.48. The second kappa shape index (κ2) is 8.50. The van der Waals surface area contributed by atoms with Gasteiger partial charge < -0.3 is 10.6 Å². The zero-order valence-corrected chi connectivity index (χ0v) is 13.3.